The second-order valence-corrected chi connectivity index (χ2v) is 0.417. The molecule has 0 unspecified atom stereocenters. The van der Waals surface area contributed by atoms with Crippen LogP contribution in [0.1, 0.15) is 2.74 Å². The van der Waals surface area contributed by atoms with Gasteiger partial charge in [0.25, 0.3) is 0 Å². The molecule has 3 N–H and O–H groups in total. The van der Waals surface area contributed by atoms with Gasteiger partial charge in [0.15, 0.2) is 0 Å². The molecule has 30 valence electrons. The number of hydrogen-bond donors (Lipinski definition) is 2. The van der Waals surface area contributed by atoms with Crippen molar-refractivity contribution in [1.82, 2.24) is 0 Å². The Morgan fingerprint density at radius 2 is 3.20 bits per heavy atom. The molecule has 0 heterocycles. The molecule has 0 aliphatic heterocycles. The van der Waals surface area contributed by atoms with E-state index in [-0.39, 0.29) is 0 Å². The second-order valence-electron chi connectivity index (χ2n) is 0.417. The van der Waals surface area contributed by atoms with Crippen LogP contribution in [0.15, 0.2) is 0 Å². The number of rotatable bonds is 2. The zero-order valence-electron chi connectivity index (χ0n) is 6.30. The number of nitrogens with two attached hydrogens (primary N) is 1. The van der Waals surface area contributed by atoms with Crippen LogP contribution in [0.4, 0.5) is 0 Å². The van der Waals surface area contributed by atoms with E-state index >= 15 is 0 Å². The van der Waals surface area contributed by atoms with Gasteiger partial charge in [-0.25, -0.2) is 0 Å². The quantitative estimate of drug-likeness (QED) is 0.447. The molecule has 0 saturated heterocycles. The summed E-state index contributed by atoms with van der Waals surface area (Å²) >= 11 is 0. The lowest BCUT2D eigenvalue weighted by atomic mass is 10.7. The van der Waals surface area contributed by atoms with Crippen LogP contribution in [0.25, 0.3) is 0 Å². The van der Waals surface area contributed by atoms with Gasteiger partial charge in [-0.05, 0) is 0 Å². The predicted octanol–water partition coefficient (Wildman–Crippen LogP) is -0.970. The van der Waals surface area contributed by atoms with E-state index in [0.717, 1.165) is 0 Å². The van der Waals surface area contributed by atoms with Crippen LogP contribution < -0.4 is 5.72 Å². The third-order valence-corrected chi connectivity index (χ3v) is 0.0956. The van der Waals surface area contributed by atoms with Crippen molar-refractivity contribution in [2.45, 2.75) is 0 Å². The van der Waals surface area contributed by atoms with Crippen LogP contribution in [-0.4, -0.2) is 17.6 Å². The van der Waals surface area contributed by atoms with E-state index < -0.39 is 18.2 Å². The topological polar surface area (TPSA) is 63.3 Å². The summed E-state index contributed by atoms with van der Waals surface area (Å²) in [6.45, 7) is -2.92. The van der Waals surface area contributed by atoms with E-state index in [2.05, 4.69) is 0 Å². The van der Waals surface area contributed by atoms with E-state index in [9.17, 15) is 4.79 Å². The normalized spacial score (nSPS) is 22.6. The highest BCUT2D eigenvalue weighted by molar-refractivity contribution is 5.68. The first-order valence-electron chi connectivity index (χ1n) is 2.80. The van der Waals surface area contributed by atoms with Crippen LogP contribution in [-0.2, 0) is 4.79 Å². The minimum absolute atomic E-state index is 0.505. The Morgan fingerprint density at radius 1 is 2.60 bits per heavy atom. The van der Waals surface area contributed by atoms with Gasteiger partial charge >= 0.3 is 5.97 Å². The van der Waals surface area contributed by atoms with Gasteiger partial charge in [0.05, 0.1) is 9.24 Å². The Labute approximate surface area is 35.1 Å². The van der Waals surface area contributed by atoms with Crippen molar-refractivity contribution in [2.24, 2.45) is 5.72 Å². The standard InChI is InChI=1S/C2H5NO2/c3-1-2(4)5/h1,3H2,(H,4,5)/i1D2/hD2. The summed E-state index contributed by atoms with van der Waals surface area (Å²) in [6.07, 6.45) is 0. The zero-order chi connectivity index (χ0) is 7.65. The van der Waals surface area contributed by atoms with Crippen molar-refractivity contribution in [3.8, 4) is 0 Å². The van der Waals surface area contributed by atoms with E-state index in [1.807, 2.05) is 0 Å². The lowest BCUT2D eigenvalue weighted by Crippen LogP contribution is -2.10. The van der Waals surface area contributed by atoms with E-state index in [4.69, 9.17) is 10.7 Å². The molecule has 0 fully saturated rings. The zero-order valence-corrected chi connectivity index (χ0v) is 2.30. The molecule has 0 aliphatic carbocycles. The number of carbonyl (C=O) groups is 1. The minimum atomic E-state index is -2.92. The largest absolute Gasteiger partial charge is 0.480 e. The Hall–Kier alpha value is -0.570. The van der Waals surface area contributed by atoms with Gasteiger partial charge in [-0.1, -0.05) is 0 Å². The third-order valence-electron chi connectivity index (χ3n) is 0.0956. The molecule has 0 radical (unpaired) electrons. The van der Waals surface area contributed by atoms with Crippen LogP contribution in [0.3, 0.4) is 0 Å². The summed E-state index contributed by atoms with van der Waals surface area (Å²) in [5.41, 5.74) is -0.505. The number of carboxylic acids is 1. The molecule has 0 aromatic carbocycles. The molecular formula is C2H5NO2. The summed E-state index contributed by atoms with van der Waals surface area (Å²) in [6, 6.07) is 0. The average molecular weight is 79.1 g/mol. The lowest BCUT2D eigenvalue weighted by Gasteiger charge is -1.73. The highest BCUT2D eigenvalue weighted by atomic mass is 16.4. The molecule has 0 atom stereocenters. The number of aliphatic carboxylic acids is 1. The van der Waals surface area contributed by atoms with Gasteiger partial charge < -0.3 is 10.8 Å². The van der Waals surface area contributed by atoms with Gasteiger partial charge in [-0.15, -0.1) is 0 Å². The number of hydrogen-bond acceptors (Lipinski definition) is 2. The van der Waals surface area contributed by atoms with Crippen molar-refractivity contribution in [2.75, 3.05) is 6.50 Å². The molecule has 0 spiro atoms. The van der Waals surface area contributed by atoms with Crippen LogP contribution in [0.2, 0.25) is 2.82 Å². The van der Waals surface area contributed by atoms with Gasteiger partial charge in [0, 0.05) is 0 Å². The Morgan fingerprint density at radius 3 is 3.20 bits per heavy atom. The van der Waals surface area contributed by atoms with E-state index in [1.54, 1.807) is 0 Å². The maximum Gasteiger partial charge on any atom is 0.317 e. The Balaban J connectivity index is 4.19. The van der Waals surface area contributed by atoms with Crippen molar-refractivity contribution in [3.05, 3.63) is 0 Å². The molecular weight excluding hydrogens is 70.0 g/mol. The molecule has 0 amide bonds. The fraction of sp³-hybridized carbons (Fsp3) is 0.500. The van der Waals surface area contributed by atoms with Crippen molar-refractivity contribution < 1.29 is 15.5 Å². The summed E-state index contributed by atoms with van der Waals surface area (Å²) in [5, 5.41) is 7.96. The third kappa shape index (κ3) is 3.43. The summed E-state index contributed by atoms with van der Waals surface area (Å²) < 4.78 is 25.4. The molecule has 0 aromatic heterocycles. The van der Waals surface area contributed by atoms with Crippen LogP contribution in [0.5, 0.6) is 0 Å². The van der Waals surface area contributed by atoms with Crippen molar-refractivity contribution in [1.29, 1.82) is 0 Å². The SMILES string of the molecule is [2H]N([2H])C([2H])([2H])C(=O)O. The van der Waals surface area contributed by atoms with Crippen molar-refractivity contribution >= 4 is 5.97 Å². The first-order valence-corrected chi connectivity index (χ1v) is 0.901. The van der Waals surface area contributed by atoms with Gasteiger partial charge in [0.2, 0.25) is 0 Å². The van der Waals surface area contributed by atoms with E-state index in [0.29, 0.717) is 0 Å². The monoisotopic (exact) mass is 79.1 g/mol. The summed E-state index contributed by atoms with van der Waals surface area (Å²) in [7, 11) is 0. The molecule has 3 nitrogen and oxygen atoms in total. The predicted molar refractivity (Wildman–Crippen MR) is 16.7 cm³/mol. The van der Waals surface area contributed by atoms with E-state index in [1.165, 1.54) is 0 Å². The van der Waals surface area contributed by atoms with Gasteiger partial charge in [-0.2, -0.15) is 0 Å². The fourth-order valence-corrected chi connectivity index (χ4v) is 0. The molecule has 0 bridgehead atoms. The smallest absolute Gasteiger partial charge is 0.317 e. The molecule has 3 heteroatoms. The number of carboxylic acid groups (broad SMARTS) is 1. The summed E-state index contributed by atoms with van der Waals surface area (Å²) in [4.78, 5) is 9.81. The molecule has 0 rings (SSSR count). The van der Waals surface area contributed by atoms with Crippen LogP contribution >= 0.6 is 0 Å². The van der Waals surface area contributed by atoms with Gasteiger partial charge in [0.1, 0.15) is 2.82 Å². The molecule has 0 aliphatic rings. The molecule has 0 saturated carbocycles. The minimum Gasteiger partial charge on any atom is -0.480 e. The highest BCUT2D eigenvalue weighted by Crippen LogP contribution is 1.43. The highest BCUT2D eigenvalue weighted by Gasteiger charge is 1.81. The first kappa shape index (κ1) is 0.944. The average Bonchev–Trinajstić information content (AvgIpc) is 1.65. The van der Waals surface area contributed by atoms with Crippen LogP contribution in [0, 0.1) is 0 Å². The maximum atomic E-state index is 9.81. The Bertz CT molecular complexity index is 124. The summed E-state index contributed by atoms with van der Waals surface area (Å²) in [5.74, 6) is -1.84. The fourth-order valence-electron chi connectivity index (χ4n) is 0. The van der Waals surface area contributed by atoms with Gasteiger partial charge in [-0.3, -0.25) is 4.79 Å². The lowest BCUT2D eigenvalue weighted by molar-refractivity contribution is -0.135. The van der Waals surface area contributed by atoms with Crippen molar-refractivity contribution in [3.63, 3.8) is 0 Å². The first-order chi connectivity index (χ1) is 3.89. The molecule has 5 heavy (non-hydrogen) atoms. The maximum absolute atomic E-state index is 9.81. The molecule has 0 aromatic rings. The second kappa shape index (κ2) is 1.72. The Kier molecular flexibility index (Phi) is 0.325.